The molecule has 0 radical (unpaired) electrons. The number of nitrogens with zero attached hydrogens (tertiary/aromatic N) is 2. The van der Waals surface area contributed by atoms with Crippen molar-refractivity contribution < 1.29 is 9.53 Å². The predicted octanol–water partition coefficient (Wildman–Crippen LogP) is 2.86. The molecule has 1 aliphatic rings. The van der Waals surface area contributed by atoms with Crippen LogP contribution in [0.1, 0.15) is 11.1 Å². The molecule has 122 valence electrons. The number of carbonyl (C=O) groups is 1. The molecule has 0 unspecified atom stereocenters. The molecule has 1 fully saturated rings. The van der Waals surface area contributed by atoms with Gasteiger partial charge in [0.05, 0.1) is 18.6 Å². The Kier molecular flexibility index (Phi) is 5.28. The maximum atomic E-state index is 12.0. The lowest BCUT2D eigenvalue weighted by Crippen LogP contribution is -2.25. The fourth-order valence-electron chi connectivity index (χ4n) is 2.33. The summed E-state index contributed by atoms with van der Waals surface area (Å²) in [4.78, 5) is 12.0. The Balaban J connectivity index is 1.65. The van der Waals surface area contributed by atoms with Gasteiger partial charge in [0, 0.05) is 5.56 Å². The standard InChI is InChI=1S/C18H17N3O2S/c1-23-15-10-6-5-9-14(15)12-19-21-18-20-17(22)16(24-18)11-13-7-3-2-4-8-13/h2-10,12,16H,11H2,1H3,(H,20,21,22)/b19-12-/t16-/m0/s1. The van der Waals surface area contributed by atoms with Crippen LogP contribution < -0.4 is 10.1 Å². The predicted molar refractivity (Wildman–Crippen MR) is 97.7 cm³/mol. The van der Waals surface area contributed by atoms with E-state index in [1.165, 1.54) is 11.8 Å². The van der Waals surface area contributed by atoms with Gasteiger partial charge in [-0.1, -0.05) is 54.2 Å². The Morgan fingerprint density at radius 2 is 1.92 bits per heavy atom. The molecular formula is C18H17N3O2S. The van der Waals surface area contributed by atoms with Crippen molar-refractivity contribution in [3.63, 3.8) is 0 Å². The van der Waals surface area contributed by atoms with Crippen molar-refractivity contribution in [1.29, 1.82) is 0 Å². The van der Waals surface area contributed by atoms with Gasteiger partial charge < -0.3 is 10.1 Å². The molecule has 24 heavy (non-hydrogen) atoms. The minimum absolute atomic E-state index is 0.0323. The van der Waals surface area contributed by atoms with Crippen molar-refractivity contribution in [3.8, 4) is 5.75 Å². The lowest BCUT2D eigenvalue weighted by atomic mass is 10.1. The van der Waals surface area contributed by atoms with Crippen molar-refractivity contribution in [2.75, 3.05) is 7.11 Å². The van der Waals surface area contributed by atoms with Crippen molar-refractivity contribution in [2.45, 2.75) is 11.7 Å². The Hall–Kier alpha value is -2.60. The van der Waals surface area contributed by atoms with E-state index in [4.69, 9.17) is 4.74 Å². The molecule has 0 aromatic heterocycles. The zero-order chi connectivity index (χ0) is 16.8. The number of amidine groups is 1. The molecule has 0 spiro atoms. The molecule has 5 nitrogen and oxygen atoms in total. The van der Waals surface area contributed by atoms with E-state index in [2.05, 4.69) is 15.5 Å². The van der Waals surface area contributed by atoms with Gasteiger partial charge in [0.1, 0.15) is 5.75 Å². The maximum absolute atomic E-state index is 12.0. The zero-order valence-electron chi connectivity index (χ0n) is 13.2. The number of amides is 1. The number of thioether (sulfide) groups is 1. The van der Waals surface area contributed by atoms with Gasteiger partial charge in [-0.05, 0) is 24.1 Å². The van der Waals surface area contributed by atoms with Crippen molar-refractivity contribution in [3.05, 3.63) is 65.7 Å². The van der Waals surface area contributed by atoms with Crippen LogP contribution in [0.15, 0.2) is 64.8 Å². The molecule has 0 saturated carbocycles. The van der Waals surface area contributed by atoms with Crippen LogP contribution in [0.25, 0.3) is 0 Å². The Labute approximate surface area is 144 Å². The summed E-state index contributed by atoms with van der Waals surface area (Å²) in [6.45, 7) is 0. The van der Waals surface area contributed by atoms with Gasteiger partial charge in [0.25, 0.3) is 0 Å². The number of para-hydroxylation sites is 1. The minimum atomic E-state index is -0.174. The average Bonchev–Trinajstić information content (AvgIpc) is 2.96. The molecule has 2 aromatic rings. The van der Waals surface area contributed by atoms with Gasteiger partial charge in [-0.15, -0.1) is 5.10 Å². The van der Waals surface area contributed by atoms with Crippen LogP contribution >= 0.6 is 11.8 Å². The van der Waals surface area contributed by atoms with Crippen molar-refractivity contribution in [2.24, 2.45) is 10.2 Å². The quantitative estimate of drug-likeness (QED) is 0.673. The summed E-state index contributed by atoms with van der Waals surface area (Å²) in [6, 6.07) is 17.5. The average molecular weight is 339 g/mol. The number of rotatable bonds is 5. The third-order valence-electron chi connectivity index (χ3n) is 3.52. The molecule has 0 aliphatic carbocycles. The van der Waals surface area contributed by atoms with E-state index in [-0.39, 0.29) is 11.2 Å². The minimum Gasteiger partial charge on any atom is -0.496 e. The first-order chi connectivity index (χ1) is 11.8. The fourth-order valence-corrected chi connectivity index (χ4v) is 3.30. The normalized spacial score (nSPS) is 19.0. The molecule has 1 saturated heterocycles. The van der Waals surface area contributed by atoms with Gasteiger partial charge in [0.2, 0.25) is 5.91 Å². The highest BCUT2D eigenvalue weighted by Gasteiger charge is 2.30. The second kappa shape index (κ2) is 7.79. The number of nitrogens with one attached hydrogen (secondary N) is 1. The number of methoxy groups -OCH3 is 1. The van der Waals surface area contributed by atoms with Crippen molar-refractivity contribution >= 4 is 29.1 Å². The second-order valence-electron chi connectivity index (χ2n) is 5.18. The number of hydrogen-bond acceptors (Lipinski definition) is 5. The molecule has 2 aromatic carbocycles. The van der Waals surface area contributed by atoms with Crippen LogP contribution in [-0.4, -0.2) is 29.6 Å². The lowest BCUT2D eigenvalue weighted by molar-refractivity contribution is -0.118. The molecule has 1 heterocycles. The van der Waals surface area contributed by atoms with Gasteiger partial charge in [0.15, 0.2) is 5.17 Å². The maximum Gasteiger partial charge on any atom is 0.239 e. The summed E-state index contributed by atoms with van der Waals surface area (Å²) in [5, 5.41) is 11.3. The third kappa shape index (κ3) is 4.02. The summed E-state index contributed by atoms with van der Waals surface area (Å²) >= 11 is 1.40. The number of benzene rings is 2. The number of ether oxygens (including phenoxy) is 1. The molecule has 6 heteroatoms. The van der Waals surface area contributed by atoms with Crippen LogP contribution in [0.5, 0.6) is 5.75 Å². The van der Waals surface area contributed by atoms with E-state index in [0.717, 1.165) is 16.9 Å². The Morgan fingerprint density at radius 3 is 2.71 bits per heavy atom. The Bertz CT molecular complexity index is 775. The highest BCUT2D eigenvalue weighted by Crippen LogP contribution is 2.23. The third-order valence-corrected chi connectivity index (χ3v) is 4.60. The molecule has 1 N–H and O–H groups in total. The van der Waals surface area contributed by atoms with E-state index in [1.54, 1.807) is 13.3 Å². The topological polar surface area (TPSA) is 63.1 Å². The van der Waals surface area contributed by atoms with Gasteiger partial charge in [-0.25, -0.2) is 0 Å². The fraction of sp³-hybridized carbons (Fsp3) is 0.167. The van der Waals surface area contributed by atoms with Crippen LogP contribution in [0.2, 0.25) is 0 Å². The smallest absolute Gasteiger partial charge is 0.239 e. The van der Waals surface area contributed by atoms with E-state index in [1.807, 2.05) is 54.6 Å². The van der Waals surface area contributed by atoms with Crippen LogP contribution in [-0.2, 0) is 11.2 Å². The van der Waals surface area contributed by atoms with E-state index < -0.39 is 0 Å². The highest BCUT2D eigenvalue weighted by molar-refractivity contribution is 8.15. The summed E-state index contributed by atoms with van der Waals surface area (Å²) in [5.74, 6) is 0.696. The first kappa shape index (κ1) is 16.3. The largest absolute Gasteiger partial charge is 0.496 e. The van der Waals surface area contributed by atoms with Gasteiger partial charge >= 0.3 is 0 Å². The SMILES string of the molecule is COc1ccccc1/C=N\N=C1\NC(=O)[C@H](Cc2ccccc2)S1. The lowest BCUT2D eigenvalue weighted by Gasteiger charge is -2.04. The first-order valence-corrected chi connectivity index (χ1v) is 8.39. The number of hydrogen-bond donors (Lipinski definition) is 1. The first-order valence-electron chi connectivity index (χ1n) is 7.52. The molecular weight excluding hydrogens is 322 g/mol. The molecule has 3 rings (SSSR count). The van der Waals surface area contributed by atoms with Crippen LogP contribution in [0.3, 0.4) is 0 Å². The van der Waals surface area contributed by atoms with E-state index in [9.17, 15) is 4.79 Å². The summed E-state index contributed by atoms with van der Waals surface area (Å²) < 4.78 is 5.25. The van der Waals surface area contributed by atoms with Crippen LogP contribution in [0, 0.1) is 0 Å². The molecule has 0 bridgehead atoms. The molecule has 1 atom stereocenters. The summed E-state index contributed by atoms with van der Waals surface area (Å²) in [6.07, 6.45) is 2.29. The van der Waals surface area contributed by atoms with Crippen molar-refractivity contribution in [1.82, 2.24) is 5.32 Å². The number of carbonyl (C=O) groups excluding carboxylic acids is 1. The second-order valence-corrected chi connectivity index (χ2v) is 6.37. The highest BCUT2D eigenvalue weighted by atomic mass is 32.2. The summed E-state index contributed by atoms with van der Waals surface area (Å²) in [5.41, 5.74) is 1.96. The van der Waals surface area contributed by atoms with Gasteiger partial charge in [-0.3, -0.25) is 4.79 Å². The monoisotopic (exact) mass is 339 g/mol. The zero-order valence-corrected chi connectivity index (χ0v) is 14.0. The Morgan fingerprint density at radius 1 is 1.17 bits per heavy atom. The van der Waals surface area contributed by atoms with Gasteiger partial charge in [-0.2, -0.15) is 5.10 Å². The van der Waals surface area contributed by atoms with Crippen LogP contribution in [0.4, 0.5) is 0 Å². The molecule has 1 amide bonds. The van der Waals surface area contributed by atoms with E-state index >= 15 is 0 Å². The summed E-state index contributed by atoms with van der Waals surface area (Å²) in [7, 11) is 1.61. The molecule has 1 aliphatic heterocycles. The van der Waals surface area contributed by atoms with E-state index in [0.29, 0.717) is 11.6 Å².